The van der Waals surface area contributed by atoms with Gasteiger partial charge in [-0.2, -0.15) is 4.31 Å². The molecule has 8 heteroatoms. The van der Waals surface area contributed by atoms with Gasteiger partial charge in [0.1, 0.15) is 0 Å². The monoisotopic (exact) mass is 325 g/mol. The molecule has 1 saturated heterocycles. The van der Waals surface area contributed by atoms with Crippen molar-refractivity contribution in [1.29, 1.82) is 0 Å². The van der Waals surface area contributed by atoms with Gasteiger partial charge >= 0.3 is 0 Å². The zero-order valence-electron chi connectivity index (χ0n) is 11.1. The minimum atomic E-state index is -3.31. The molecule has 0 spiro atoms. The van der Waals surface area contributed by atoms with Crippen molar-refractivity contribution in [2.75, 3.05) is 26.7 Å². The lowest BCUT2D eigenvalue weighted by Gasteiger charge is -2.30. The Labute approximate surface area is 124 Å². The van der Waals surface area contributed by atoms with E-state index in [0.717, 1.165) is 24.4 Å². The smallest absolute Gasteiger partial charge is 0.254 e. The molecule has 2 rings (SSSR count). The maximum absolute atomic E-state index is 12.3. The molecule has 0 amide bonds. The molecule has 1 fully saturated rings. The second kappa shape index (κ2) is 6.99. The molecule has 0 aromatic carbocycles. The Morgan fingerprint density at radius 1 is 1.47 bits per heavy atom. The van der Waals surface area contributed by atoms with Crippen molar-refractivity contribution in [3.63, 3.8) is 0 Å². The van der Waals surface area contributed by atoms with Crippen LogP contribution in [0.2, 0.25) is 0 Å². The first-order chi connectivity index (χ1) is 8.54. The van der Waals surface area contributed by atoms with Crippen LogP contribution in [-0.4, -0.2) is 44.4 Å². The van der Waals surface area contributed by atoms with E-state index in [2.05, 4.69) is 10.3 Å². The highest BCUT2D eigenvalue weighted by atomic mass is 35.5. The zero-order chi connectivity index (χ0) is 13.2. The molecule has 5 nitrogen and oxygen atoms in total. The molecule has 19 heavy (non-hydrogen) atoms. The summed E-state index contributed by atoms with van der Waals surface area (Å²) in [6.07, 6.45) is 3.32. The number of aromatic nitrogens is 1. The number of hydrogen-bond acceptors (Lipinski definition) is 5. The Balaban J connectivity index is 0.00000180. The third-order valence-electron chi connectivity index (χ3n) is 3.26. The minimum Gasteiger partial charge on any atom is -0.319 e. The largest absolute Gasteiger partial charge is 0.319 e. The second-order valence-electron chi connectivity index (χ2n) is 4.60. The molecular weight excluding hydrogens is 306 g/mol. The molecule has 1 aliphatic rings. The average molecular weight is 326 g/mol. The molecule has 1 aliphatic heterocycles. The fraction of sp³-hybridized carbons (Fsp3) is 0.727. The van der Waals surface area contributed by atoms with Gasteiger partial charge in [-0.05, 0) is 39.3 Å². The van der Waals surface area contributed by atoms with Crippen LogP contribution in [-0.2, 0) is 10.0 Å². The van der Waals surface area contributed by atoms with Crippen LogP contribution in [0.25, 0.3) is 0 Å². The van der Waals surface area contributed by atoms with E-state index in [4.69, 9.17) is 0 Å². The predicted molar refractivity (Wildman–Crippen MR) is 79.5 cm³/mol. The van der Waals surface area contributed by atoms with E-state index in [0.29, 0.717) is 23.2 Å². The van der Waals surface area contributed by atoms with Crippen LogP contribution in [0.15, 0.2) is 10.4 Å². The minimum absolute atomic E-state index is 0. The van der Waals surface area contributed by atoms with Gasteiger partial charge in [0, 0.05) is 13.1 Å². The van der Waals surface area contributed by atoms with Crippen molar-refractivity contribution < 1.29 is 8.42 Å². The van der Waals surface area contributed by atoms with Gasteiger partial charge in [-0.1, -0.05) is 0 Å². The normalized spacial score (nSPS) is 18.2. The number of hydrogen-bond donors (Lipinski definition) is 1. The summed E-state index contributed by atoms with van der Waals surface area (Å²) in [5.41, 5.74) is 0. The lowest BCUT2D eigenvalue weighted by atomic mass is 9.98. The number of thiazole rings is 1. The van der Waals surface area contributed by atoms with Gasteiger partial charge in [0.05, 0.1) is 11.2 Å². The molecule has 0 unspecified atom stereocenters. The Hall–Kier alpha value is -0.210. The first-order valence-electron chi connectivity index (χ1n) is 6.11. The summed E-state index contributed by atoms with van der Waals surface area (Å²) >= 11 is 1.25. The lowest BCUT2D eigenvalue weighted by Crippen LogP contribution is -2.40. The van der Waals surface area contributed by atoms with Crippen LogP contribution in [0.1, 0.15) is 17.8 Å². The van der Waals surface area contributed by atoms with E-state index in [9.17, 15) is 8.42 Å². The summed E-state index contributed by atoms with van der Waals surface area (Å²) in [5.74, 6) is 0.588. The van der Waals surface area contributed by atoms with Crippen LogP contribution in [0, 0.1) is 12.8 Å². The number of nitrogens with zero attached hydrogens (tertiary/aromatic N) is 2. The second-order valence-corrected chi connectivity index (χ2v) is 8.00. The van der Waals surface area contributed by atoms with E-state index in [1.54, 1.807) is 4.31 Å². The van der Waals surface area contributed by atoms with Gasteiger partial charge < -0.3 is 5.32 Å². The maximum Gasteiger partial charge on any atom is 0.254 e. The lowest BCUT2D eigenvalue weighted by molar-refractivity contribution is 0.271. The highest BCUT2D eigenvalue weighted by molar-refractivity contribution is 7.91. The van der Waals surface area contributed by atoms with E-state index < -0.39 is 10.0 Å². The molecule has 0 bridgehead atoms. The topological polar surface area (TPSA) is 62.3 Å². The number of rotatable bonds is 4. The van der Waals surface area contributed by atoms with Crippen molar-refractivity contribution in [3.8, 4) is 0 Å². The summed E-state index contributed by atoms with van der Waals surface area (Å²) in [5, 5.41) is 3.94. The molecule has 2 heterocycles. The molecule has 1 aromatic heterocycles. The first-order valence-corrected chi connectivity index (χ1v) is 8.37. The summed E-state index contributed by atoms with van der Waals surface area (Å²) < 4.78 is 26.6. The van der Waals surface area contributed by atoms with Crippen LogP contribution in [0.4, 0.5) is 0 Å². The van der Waals surface area contributed by atoms with Crippen LogP contribution < -0.4 is 5.32 Å². The highest BCUT2D eigenvalue weighted by Gasteiger charge is 2.30. The van der Waals surface area contributed by atoms with Gasteiger partial charge in [0.25, 0.3) is 10.0 Å². The molecule has 1 aromatic rings. The Kier molecular flexibility index (Phi) is 6.19. The number of aryl methyl sites for hydroxylation is 1. The van der Waals surface area contributed by atoms with Gasteiger partial charge in [-0.15, -0.1) is 23.7 Å². The number of halogens is 1. The quantitative estimate of drug-likeness (QED) is 0.911. The van der Waals surface area contributed by atoms with Crippen molar-refractivity contribution in [2.24, 2.45) is 5.92 Å². The highest BCUT2D eigenvalue weighted by Crippen LogP contribution is 2.26. The Bertz CT molecular complexity index is 496. The molecule has 0 saturated carbocycles. The molecule has 110 valence electrons. The van der Waals surface area contributed by atoms with Crippen molar-refractivity contribution in [2.45, 2.75) is 24.0 Å². The standard InChI is InChI=1S/C11H19N3O2S2.ClH/c1-9-13-8-11(17-9)18(15,16)14-5-3-10(4-6-14)7-12-2;/h8,10,12H,3-7H2,1-2H3;1H. The van der Waals surface area contributed by atoms with Crippen LogP contribution >= 0.6 is 23.7 Å². The fourth-order valence-electron chi connectivity index (χ4n) is 2.23. The van der Waals surface area contributed by atoms with E-state index in [-0.39, 0.29) is 12.4 Å². The molecule has 1 N–H and O–H groups in total. The summed E-state index contributed by atoms with van der Waals surface area (Å²) in [6.45, 7) is 4.02. The number of nitrogens with one attached hydrogen (secondary N) is 1. The third-order valence-corrected chi connectivity index (χ3v) is 6.51. The predicted octanol–water partition coefficient (Wildman–Crippen LogP) is 1.49. The van der Waals surface area contributed by atoms with E-state index in [1.807, 2.05) is 14.0 Å². The van der Waals surface area contributed by atoms with Gasteiger partial charge in [0.2, 0.25) is 0 Å². The van der Waals surface area contributed by atoms with Gasteiger partial charge in [-0.25, -0.2) is 13.4 Å². The third kappa shape index (κ3) is 3.88. The van der Waals surface area contributed by atoms with E-state index >= 15 is 0 Å². The SMILES string of the molecule is CNCC1CCN(S(=O)(=O)c2cnc(C)s2)CC1.Cl. The molecule has 0 radical (unpaired) electrons. The van der Waals surface area contributed by atoms with Crippen LogP contribution in [0.5, 0.6) is 0 Å². The zero-order valence-corrected chi connectivity index (χ0v) is 13.6. The number of piperidine rings is 1. The van der Waals surface area contributed by atoms with Crippen LogP contribution in [0.3, 0.4) is 0 Å². The Morgan fingerprint density at radius 2 is 2.11 bits per heavy atom. The summed E-state index contributed by atoms with van der Waals surface area (Å²) in [6, 6.07) is 0. The molecule has 0 aliphatic carbocycles. The van der Waals surface area contributed by atoms with E-state index in [1.165, 1.54) is 17.5 Å². The van der Waals surface area contributed by atoms with Gasteiger partial charge in [0.15, 0.2) is 4.21 Å². The summed E-state index contributed by atoms with van der Waals surface area (Å²) in [4.78, 5) is 4.02. The molecular formula is C11H20ClN3O2S2. The number of sulfonamides is 1. The maximum atomic E-state index is 12.3. The first kappa shape index (κ1) is 16.8. The fourth-order valence-corrected chi connectivity index (χ4v) is 4.96. The Morgan fingerprint density at radius 3 is 2.58 bits per heavy atom. The molecule has 0 atom stereocenters. The van der Waals surface area contributed by atoms with Crippen molar-refractivity contribution in [3.05, 3.63) is 11.2 Å². The summed E-state index contributed by atoms with van der Waals surface area (Å²) in [7, 11) is -1.38. The van der Waals surface area contributed by atoms with Gasteiger partial charge in [-0.3, -0.25) is 0 Å². The average Bonchev–Trinajstić information content (AvgIpc) is 2.78. The van der Waals surface area contributed by atoms with Crippen molar-refractivity contribution >= 4 is 33.8 Å². The van der Waals surface area contributed by atoms with Crippen molar-refractivity contribution in [1.82, 2.24) is 14.6 Å².